The molecule has 0 saturated heterocycles. The molecule has 0 spiro atoms. The van der Waals surface area contributed by atoms with Crippen LogP contribution in [0, 0.1) is 0 Å². The number of oxazole rings is 1. The Bertz CT molecular complexity index is 614. The Morgan fingerprint density at radius 3 is 2.22 bits per heavy atom. The summed E-state index contributed by atoms with van der Waals surface area (Å²) in [6.45, 7) is 0.831. The Hall–Kier alpha value is -2.35. The van der Waals surface area contributed by atoms with Gasteiger partial charge in [-0.15, -0.1) is 0 Å². The number of rotatable bonds is 3. The van der Waals surface area contributed by atoms with E-state index in [0.717, 1.165) is 17.9 Å². The largest absolute Gasteiger partial charge is 0.404 e. The highest BCUT2D eigenvalue weighted by Crippen LogP contribution is 2.16. The minimum absolute atomic E-state index is 0.831. The Kier molecular flexibility index (Phi) is 2.92. The maximum atomic E-state index is 5.59. The average Bonchev–Trinajstić information content (AvgIpc) is 2.89. The molecule has 0 fully saturated rings. The summed E-state index contributed by atoms with van der Waals surface area (Å²) in [4.78, 5) is 0. The van der Waals surface area contributed by atoms with Crippen molar-refractivity contribution in [2.45, 2.75) is 6.54 Å². The van der Waals surface area contributed by atoms with Crippen LogP contribution < -0.4 is 4.57 Å². The van der Waals surface area contributed by atoms with Gasteiger partial charge in [0.15, 0.2) is 6.54 Å². The molecule has 2 heteroatoms. The monoisotopic (exact) mass is 236 g/mol. The summed E-state index contributed by atoms with van der Waals surface area (Å²) < 4.78 is 7.64. The van der Waals surface area contributed by atoms with E-state index in [0.29, 0.717) is 0 Å². The van der Waals surface area contributed by atoms with E-state index in [1.807, 2.05) is 54.7 Å². The predicted octanol–water partition coefficient (Wildman–Crippen LogP) is 3.28. The topological polar surface area (TPSA) is 17.0 Å². The van der Waals surface area contributed by atoms with E-state index >= 15 is 0 Å². The lowest BCUT2D eigenvalue weighted by atomic mass is 10.2. The second-order valence-electron chi connectivity index (χ2n) is 4.24. The van der Waals surface area contributed by atoms with Crippen LogP contribution in [-0.4, -0.2) is 0 Å². The molecule has 1 aromatic heterocycles. The normalized spacial score (nSPS) is 10.4. The van der Waals surface area contributed by atoms with Crippen molar-refractivity contribution in [1.82, 2.24) is 0 Å². The predicted molar refractivity (Wildman–Crippen MR) is 69.9 cm³/mol. The van der Waals surface area contributed by atoms with Crippen molar-refractivity contribution in [2.24, 2.45) is 0 Å². The van der Waals surface area contributed by atoms with Crippen LogP contribution in [0.1, 0.15) is 5.56 Å². The van der Waals surface area contributed by atoms with E-state index in [1.165, 1.54) is 5.56 Å². The highest BCUT2D eigenvalue weighted by Gasteiger charge is 2.10. The SMILES string of the molecule is c1ccc(C[n+]2coc(-c3ccccc3)c2)cc1. The summed E-state index contributed by atoms with van der Waals surface area (Å²) >= 11 is 0. The molecule has 0 radical (unpaired) electrons. The van der Waals surface area contributed by atoms with Gasteiger partial charge in [0.1, 0.15) is 0 Å². The van der Waals surface area contributed by atoms with Gasteiger partial charge in [-0.1, -0.05) is 60.7 Å². The van der Waals surface area contributed by atoms with Gasteiger partial charge in [0.25, 0.3) is 0 Å². The first kappa shape index (κ1) is 10.8. The molecule has 88 valence electrons. The number of hydrogen-bond donors (Lipinski definition) is 0. The molecule has 3 aromatic rings. The van der Waals surface area contributed by atoms with Gasteiger partial charge >= 0.3 is 6.39 Å². The van der Waals surface area contributed by atoms with Crippen molar-refractivity contribution < 1.29 is 8.98 Å². The average molecular weight is 236 g/mol. The van der Waals surface area contributed by atoms with Crippen molar-refractivity contribution in [3.63, 3.8) is 0 Å². The highest BCUT2D eigenvalue weighted by atomic mass is 16.3. The molecule has 1 heterocycles. The van der Waals surface area contributed by atoms with Crippen molar-refractivity contribution in [3.8, 4) is 11.3 Å². The Labute approximate surface area is 106 Å². The molecule has 0 aliphatic carbocycles. The molecule has 0 amide bonds. The molecule has 0 aliphatic rings. The first-order valence-electron chi connectivity index (χ1n) is 5.99. The molecule has 0 saturated carbocycles. The Morgan fingerprint density at radius 2 is 1.50 bits per heavy atom. The van der Waals surface area contributed by atoms with Gasteiger partial charge in [0.2, 0.25) is 12.0 Å². The van der Waals surface area contributed by atoms with Crippen LogP contribution in [0.4, 0.5) is 0 Å². The Morgan fingerprint density at radius 1 is 0.833 bits per heavy atom. The molecule has 0 bridgehead atoms. The minimum atomic E-state index is 0.831. The van der Waals surface area contributed by atoms with E-state index < -0.39 is 0 Å². The molecule has 0 atom stereocenters. The molecule has 3 rings (SSSR count). The van der Waals surface area contributed by atoms with Crippen LogP contribution >= 0.6 is 0 Å². The summed E-state index contributed by atoms with van der Waals surface area (Å²) in [6, 6.07) is 20.5. The van der Waals surface area contributed by atoms with Gasteiger partial charge < -0.3 is 4.42 Å². The summed E-state index contributed by atoms with van der Waals surface area (Å²) in [6.07, 6.45) is 3.79. The van der Waals surface area contributed by atoms with Crippen LogP contribution in [0.5, 0.6) is 0 Å². The van der Waals surface area contributed by atoms with Gasteiger partial charge in [-0.25, -0.2) is 0 Å². The van der Waals surface area contributed by atoms with Crippen LogP contribution in [0.25, 0.3) is 11.3 Å². The molecular weight excluding hydrogens is 222 g/mol. The summed E-state index contributed by atoms with van der Waals surface area (Å²) in [7, 11) is 0. The van der Waals surface area contributed by atoms with Crippen LogP contribution in [-0.2, 0) is 6.54 Å². The van der Waals surface area contributed by atoms with E-state index in [1.54, 1.807) is 6.39 Å². The second-order valence-corrected chi connectivity index (χ2v) is 4.24. The molecule has 2 aromatic carbocycles. The minimum Gasteiger partial charge on any atom is -0.404 e. The quantitative estimate of drug-likeness (QED) is 0.638. The van der Waals surface area contributed by atoms with Gasteiger partial charge in [0, 0.05) is 11.1 Å². The van der Waals surface area contributed by atoms with E-state index in [9.17, 15) is 0 Å². The van der Waals surface area contributed by atoms with Gasteiger partial charge in [-0.05, 0) is 0 Å². The van der Waals surface area contributed by atoms with Gasteiger partial charge in [-0.3, -0.25) is 0 Å². The van der Waals surface area contributed by atoms with Crippen molar-refractivity contribution in [1.29, 1.82) is 0 Å². The molecule has 0 aliphatic heterocycles. The first-order chi connectivity index (χ1) is 8.92. The van der Waals surface area contributed by atoms with Crippen molar-refractivity contribution in [2.75, 3.05) is 0 Å². The maximum Gasteiger partial charge on any atom is 0.335 e. The van der Waals surface area contributed by atoms with Crippen molar-refractivity contribution >= 4 is 0 Å². The maximum absolute atomic E-state index is 5.59. The highest BCUT2D eigenvalue weighted by molar-refractivity contribution is 5.54. The third-order valence-corrected chi connectivity index (χ3v) is 2.86. The van der Waals surface area contributed by atoms with E-state index in [4.69, 9.17) is 4.42 Å². The van der Waals surface area contributed by atoms with E-state index in [-0.39, 0.29) is 0 Å². The van der Waals surface area contributed by atoms with Crippen LogP contribution in [0.2, 0.25) is 0 Å². The first-order valence-corrected chi connectivity index (χ1v) is 5.99. The zero-order chi connectivity index (χ0) is 12.2. The smallest absolute Gasteiger partial charge is 0.335 e. The van der Waals surface area contributed by atoms with Crippen LogP contribution in [0.3, 0.4) is 0 Å². The standard InChI is InChI=1S/C16H14NO/c1-3-7-14(8-4-1)11-17-12-16(18-13-17)15-9-5-2-6-10-15/h1-10,12-13H,11H2/q+1. The molecule has 18 heavy (non-hydrogen) atoms. The van der Waals surface area contributed by atoms with Crippen LogP contribution in [0.15, 0.2) is 77.7 Å². The zero-order valence-corrected chi connectivity index (χ0v) is 9.99. The summed E-state index contributed by atoms with van der Waals surface area (Å²) in [5.41, 5.74) is 2.37. The fourth-order valence-electron chi connectivity index (χ4n) is 1.96. The zero-order valence-electron chi connectivity index (χ0n) is 9.99. The Balaban J connectivity index is 1.82. The second kappa shape index (κ2) is 4.88. The number of hydrogen-bond acceptors (Lipinski definition) is 1. The third-order valence-electron chi connectivity index (χ3n) is 2.86. The third kappa shape index (κ3) is 2.33. The number of nitrogens with zero attached hydrogens (tertiary/aromatic N) is 1. The molecule has 0 N–H and O–H groups in total. The van der Waals surface area contributed by atoms with Gasteiger partial charge in [0.05, 0.1) is 0 Å². The van der Waals surface area contributed by atoms with Gasteiger partial charge in [-0.2, -0.15) is 4.57 Å². The fourth-order valence-corrected chi connectivity index (χ4v) is 1.96. The fraction of sp³-hybridized carbons (Fsp3) is 0.0625. The summed E-state index contributed by atoms with van der Waals surface area (Å²) in [5, 5.41) is 0. The van der Waals surface area contributed by atoms with Crippen molar-refractivity contribution in [3.05, 3.63) is 78.8 Å². The molecular formula is C16H14NO+. The lowest BCUT2D eigenvalue weighted by molar-refractivity contribution is -0.691. The lowest BCUT2D eigenvalue weighted by Gasteiger charge is -1.92. The molecule has 0 unspecified atom stereocenters. The number of benzene rings is 2. The molecule has 2 nitrogen and oxygen atoms in total. The lowest BCUT2D eigenvalue weighted by Crippen LogP contribution is -2.30. The summed E-state index contributed by atoms with van der Waals surface area (Å²) in [5.74, 6) is 0.895. The number of aromatic nitrogens is 1. The van der Waals surface area contributed by atoms with E-state index in [2.05, 4.69) is 16.7 Å².